The molecule has 3 heteroatoms. The number of H-pyrrole nitrogens is 1. The lowest BCUT2D eigenvalue weighted by Gasteiger charge is -2.24. The number of nitrogens with zero attached hydrogens (tertiary/aromatic N) is 1. The molecule has 17 heavy (non-hydrogen) atoms. The number of hydrogen-bond donors (Lipinski definition) is 2. The number of benzene rings is 1. The van der Waals surface area contributed by atoms with Crippen LogP contribution in [0.15, 0.2) is 24.4 Å². The van der Waals surface area contributed by atoms with E-state index in [1.54, 1.807) is 0 Å². The van der Waals surface area contributed by atoms with Gasteiger partial charge in [-0.1, -0.05) is 12.1 Å². The predicted molar refractivity (Wildman–Crippen MR) is 68.9 cm³/mol. The molecule has 2 aromatic rings. The third-order valence-electron chi connectivity index (χ3n) is 3.60. The van der Waals surface area contributed by atoms with Gasteiger partial charge in [0.1, 0.15) is 0 Å². The summed E-state index contributed by atoms with van der Waals surface area (Å²) >= 11 is 0. The van der Waals surface area contributed by atoms with Gasteiger partial charge in [-0.25, -0.2) is 0 Å². The van der Waals surface area contributed by atoms with Gasteiger partial charge in [0, 0.05) is 17.8 Å². The van der Waals surface area contributed by atoms with Crippen LogP contribution in [0, 0.1) is 6.92 Å². The summed E-state index contributed by atoms with van der Waals surface area (Å²) in [6.07, 6.45) is 3.10. The van der Waals surface area contributed by atoms with Gasteiger partial charge in [-0.05, 0) is 49.6 Å². The fraction of sp³-hybridized carbons (Fsp3) is 0.357. The minimum atomic E-state index is 0.450. The van der Waals surface area contributed by atoms with Gasteiger partial charge >= 0.3 is 0 Å². The summed E-state index contributed by atoms with van der Waals surface area (Å²) in [4.78, 5) is 0. The van der Waals surface area contributed by atoms with E-state index in [4.69, 9.17) is 0 Å². The SMILES string of the molecule is Cc1n[nH]cc1-c1ccc2c(c1)C(C)NCC2. The highest BCUT2D eigenvalue weighted by Crippen LogP contribution is 2.29. The van der Waals surface area contributed by atoms with Gasteiger partial charge < -0.3 is 5.32 Å². The number of fused-ring (bicyclic) bond motifs is 1. The zero-order valence-electron chi connectivity index (χ0n) is 10.2. The molecule has 1 unspecified atom stereocenters. The molecule has 0 saturated carbocycles. The Morgan fingerprint density at radius 3 is 3.00 bits per heavy atom. The van der Waals surface area contributed by atoms with Crippen molar-refractivity contribution in [3.63, 3.8) is 0 Å². The second kappa shape index (κ2) is 4.00. The summed E-state index contributed by atoms with van der Waals surface area (Å²) in [5.74, 6) is 0. The Balaban J connectivity index is 2.09. The molecule has 0 spiro atoms. The molecule has 0 amide bonds. The van der Waals surface area contributed by atoms with E-state index in [1.165, 1.54) is 22.3 Å². The number of hydrogen-bond acceptors (Lipinski definition) is 2. The van der Waals surface area contributed by atoms with Crippen LogP contribution in [0.2, 0.25) is 0 Å². The molecule has 0 bridgehead atoms. The largest absolute Gasteiger partial charge is 0.310 e. The highest BCUT2D eigenvalue weighted by Gasteiger charge is 2.16. The molecule has 2 heterocycles. The molecule has 3 rings (SSSR count). The maximum atomic E-state index is 4.18. The second-order valence-corrected chi connectivity index (χ2v) is 4.72. The van der Waals surface area contributed by atoms with Gasteiger partial charge in [0.05, 0.1) is 5.69 Å². The quantitative estimate of drug-likeness (QED) is 0.786. The first-order chi connectivity index (χ1) is 8.25. The molecule has 1 atom stereocenters. The van der Waals surface area contributed by atoms with Gasteiger partial charge in [-0.15, -0.1) is 0 Å². The van der Waals surface area contributed by atoms with Crippen molar-refractivity contribution < 1.29 is 0 Å². The maximum Gasteiger partial charge on any atom is 0.0669 e. The molecule has 1 aromatic carbocycles. The first kappa shape index (κ1) is 10.5. The Labute approximate surface area is 101 Å². The standard InChI is InChI=1S/C14H17N3/c1-9-13-7-12(14-8-16-17-10(14)2)4-3-11(13)5-6-15-9/h3-4,7-9,15H,5-6H2,1-2H3,(H,16,17). The first-order valence-electron chi connectivity index (χ1n) is 6.12. The average Bonchev–Trinajstić information content (AvgIpc) is 2.76. The van der Waals surface area contributed by atoms with Crippen LogP contribution in [-0.4, -0.2) is 16.7 Å². The summed E-state index contributed by atoms with van der Waals surface area (Å²) in [6, 6.07) is 7.21. The minimum absolute atomic E-state index is 0.450. The van der Waals surface area contributed by atoms with Crippen LogP contribution in [0.3, 0.4) is 0 Å². The zero-order valence-corrected chi connectivity index (χ0v) is 10.2. The van der Waals surface area contributed by atoms with E-state index in [-0.39, 0.29) is 0 Å². The first-order valence-corrected chi connectivity index (χ1v) is 6.12. The van der Waals surface area contributed by atoms with E-state index in [0.717, 1.165) is 18.7 Å². The zero-order chi connectivity index (χ0) is 11.8. The third kappa shape index (κ3) is 1.76. The predicted octanol–water partition coefficient (Wildman–Crippen LogP) is 2.59. The van der Waals surface area contributed by atoms with Crippen molar-refractivity contribution in [1.82, 2.24) is 15.5 Å². The Bertz CT molecular complexity index is 542. The monoisotopic (exact) mass is 227 g/mol. The van der Waals surface area contributed by atoms with Crippen molar-refractivity contribution in [2.75, 3.05) is 6.54 Å². The van der Waals surface area contributed by atoms with Gasteiger partial charge in [-0.3, -0.25) is 5.10 Å². The van der Waals surface area contributed by atoms with Crippen molar-refractivity contribution in [1.29, 1.82) is 0 Å². The lowest BCUT2D eigenvalue weighted by Crippen LogP contribution is -2.27. The second-order valence-electron chi connectivity index (χ2n) is 4.72. The minimum Gasteiger partial charge on any atom is -0.310 e. The van der Waals surface area contributed by atoms with Crippen LogP contribution in [0.4, 0.5) is 0 Å². The Kier molecular flexibility index (Phi) is 2.48. The Morgan fingerprint density at radius 1 is 1.35 bits per heavy atom. The summed E-state index contributed by atoms with van der Waals surface area (Å²) in [6.45, 7) is 5.34. The smallest absolute Gasteiger partial charge is 0.0669 e. The van der Waals surface area contributed by atoms with Crippen molar-refractivity contribution in [2.45, 2.75) is 26.3 Å². The maximum absolute atomic E-state index is 4.18. The van der Waals surface area contributed by atoms with Crippen LogP contribution in [0.5, 0.6) is 0 Å². The van der Waals surface area contributed by atoms with Gasteiger partial charge in [0.25, 0.3) is 0 Å². The number of nitrogens with one attached hydrogen (secondary N) is 2. The molecule has 0 saturated heterocycles. The van der Waals surface area contributed by atoms with Crippen LogP contribution in [0.25, 0.3) is 11.1 Å². The molecule has 1 aliphatic heterocycles. The molecule has 2 N–H and O–H groups in total. The number of aromatic amines is 1. The molecular weight excluding hydrogens is 210 g/mol. The fourth-order valence-corrected chi connectivity index (χ4v) is 2.58. The van der Waals surface area contributed by atoms with Crippen molar-refractivity contribution in [3.8, 4) is 11.1 Å². The lowest BCUT2D eigenvalue weighted by molar-refractivity contribution is 0.541. The molecule has 0 fully saturated rings. The Morgan fingerprint density at radius 2 is 2.24 bits per heavy atom. The third-order valence-corrected chi connectivity index (χ3v) is 3.60. The Hall–Kier alpha value is -1.61. The molecule has 1 aromatic heterocycles. The van der Waals surface area contributed by atoms with Crippen molar-refractivity contribution >= 4 is 0 Å². The van der Waals surface area contributed by atoms with Crippen LogP contribution >= 0.6 is 0 Å². The normalized spacial score (nSPS) is 19.1. The average molecular weight is 227 g/mol. The number of aryl methyl sites for hydroxylation is 1. The summed E-state index contributed by atoms with van der Waals surface area (Å²) in [7, 11) is 0. The van der Waals surface area contributed by atoms with Gasteiger partial charge in [-0.2, -0.15) is 5.10 Å². The summed E-state index contributed by atoms with van der Waals surface area (Å²) in [5.41, 5.74) is 6.41. The van der Waals surface area contributed by atoms with E-state index in [1.807, 2.05) is 13.1 Å². The van der Waals surface area contributed by atoms with E-state index >= 15 is 0 Å². The van der Waals surface area contributed by atoms with Crippen LogP contribution < -0.4 is 5.32 Å². The van der Waals surface area contributed by atoms with E-state index < -0.39 is 0 Å². The molecule has 3 nitrogen and oxygen atoms in total. The van der Waals surface area contributed by atoms with E-state index in [9.17, 15) is 0 Å². The van der Waals surface area contributed by atoms with Crippen LogP contribution in [-0.2, 0) is 6.42 Å². The van der Waals surface area contributed by atoms with Gasteiger partial charge in [0.15, 0.2) is 0 Å². The fourth-order valence-electron chi connectivity index (χ4n) is 2.58. The van der Waals surface area contributed by atoms with E-state index in [2.05, 4.69) is 40.6 Å². The molecule has 0 aliphatic carbocycles. The van der Waals surface area contributed by atoms with Crippen molar-refractivity contribution in [3.05, 3.63) is 41.2 Å². The molecular formula is C14H17N3. The molecule has 1 aliphatic rings. The van der Waals surface area contributed by atoms with E-state index in [0.29, 0.717) is 6.04 Å². The van der Waals surface area contributed by atoms with Crippen molar-refractivity contribution in [2.24, 2.45) is 0 Å². The number of rotatable bonds is 1. The summed E-state index contributed by atoms with van der Waals surface area (Å²) < 4.78 is 0. The molecule has 88 valence electrons. The van der Waals surface area contributed by atoms with Gasteiger partial charge in [0.2, 0.25) is 0 Å². The highest BCUT2D eigenvalue weighted by atomic mass is 15.1. The highest BCUT2D eigenvalue weighted by molar-refractivity contribution is 5.66. The summed E-state index contributed by atoms with van der Waals surface area (Å²) in [5, 5.41) is 10.6. The molecule has 0 radical (unpaired) electrons. The lowest BCUT2D eigenvalue weighted by atomic mass is 9.92. The topological polar surface area (TPSA) is 40.7 Å². The van der Waals surface area contributed by atoms with Crippen LogP contribution in [0.1, 0.15) is 29.8 Å². The number of aromatic nitrogens is 2.